The van der Waals surface area contributed by atoms with E-state index in [-0.39, 0.29) is 0 Å². The van der Waals surface area contributed by atoms with E-state index >= 15 is 0 Å². The Morgan fingerprint density at radius 2 is 1.95 bits per heavy atom. The number of aromatic nitrogens is 2. The average Bonchev–Trinajstić information content (AvgIpc) is 2.82. The zero-order valence-electron chi connectivity index (χ0n) is 12.5. The third-order valence-corrected chi connectivity index (χ3v) is 5.21. The Labute approximate surface area is 124 Å². The van der Waals surface area contributed by atoms with Crippen molar-refractivity contribution in [3.8, 4) is 0 Å². The van der Waals surface area contributed by atoms with Crippen LogP contribution in [0.1, 0.15) is 18.4 Å². The van der Waals surface area contributed by atoms with E-state index in [0.717, 1.165) is 29.3 Å². The van der Waals surface area contributed by atoms with Crippen LogP contribution in [0.25, 0.3) is 10.9 Å². The van der Waals surface area contributed by atoms with Crippen LogP contribution >= 0.6 is 0 Å². The number of morpholine rings is 1. The summed E-state index contributed by atoms with van der Waals surface area (Å²) in [6.45, 7) is 1.42. The Bertz CT molecular complexity index is 667. The zero-order valence-corrected chi connectivity index (χ0v) is 12.5. The molecule has 1 aromatic carbocycles. The summed E-state index contributed by atoms with van der Waals surface area (Å²) in [5.74, 6) is 0. The molecule has 2 bridgehead atoms. The van der Waals surface area contributed by atoms with Gasteiger partial charge in [-0.3, -0.25) is 9.58 Å². The van der Waals surface area contributed by atoms with Crippen LogP contribution in [-0.2, 0) is 17.4 Å². The predicted molar refractivity (Wildman–Crippen MR) is 80.0 cm³/mol. The Morgan fingerprint density at radius 1 is 1.24 bits per heavy atom. The van der Waals surface area contributed by atoms with Gasteiger partial charge in [0.1, 0.15) is 0 Å². The van der Waals surface area contributed by atoms with Gasteiger partial charge in [0.25, 0.3) is 0 Å². The van der Waals surface area contributed by atoms with Crippen LogP contribution in [0.3, 0.4) is 0 Å². The van der Waals surface area contributed by atoms with Crippen molar-refractivity contribution in [3.05, 3.63) is 30.0 Å². The number of benzene rings is 1. The molecule has 112 valence electrons. The first-order valence-electron chi connectivity index (χ1n) is 7.51. The number of piperidine rings is 1. The second-order valence-corrected chi connectivity index (χ2v) is 6.49. The summed E-state index contributed by atoms with van der Waals surface area (Å²) in [6.07, 6.45) is 3.31. The number of hydrogen-bond donors (Lipinski definition) is 1. The van der Waals surface area contributed by atoms with Crippen LogP contribution in [0.4, 0.5) is 0 Å². The van der Waals surface area contributed by atoms with E-state index < -0.39 is 5.60 Å². The van der Waals surface area contributed by atoms with E-state index in [1.54, 1.807) is 0 Å². The standard InChI is InChI=1S/C16H21N3O2/c1-18-13-6-16(20,7-14(18)10-21-9-13)12-4-3-11-8-17-19(2)15(11)5-12/h3-5,8,13-14,20H,6-7,9-10H2,1-2H3. The molecule has 0 radical (unpaired) electrons. The molecule has 0 aliphatic carbocycles. The molecule has 0 amide bonds. The van der Waals surface area contributed by atoms with E-state index in [1.807, 2.05) is 24.0 Å². The Hall–Kier alpha value is -1.43. The van der Waals surface area contributed by atoms with E-state index in [2.05, 4.69) is 29.2 Å². The van der Waals surface area contributed by atoms with Crippen molar-refractivity contribution in [1.29, 1.82) is 0 Å². The van der Waals surface area contributed by atoms with Gasteiger partial charge in [0, 0.05) is 24.5 Å². The number of likely N-dealkylation sites (N-methyl/N-ethyl adjacent to an activating group) is 1. The maximum Gasteiger partial charge on any atom is 0.0928 e. The van der Waals surface area contributed by atoms with E-state index in [1.165, 1.54) is 0 Å². The number of nitrogens with zero attached hydrogens (tertiary/aromatic N) is 3. The third-order valence-electron chi connectivity index (χ3n) is 5.21. The van der Waals surface area contributed by atoms with Gasteiger partial charge in [-0.05, 0) is 31.5 Å². The second-order valence-electron chi connectivity index (χ2n) is 6.49. The minimum absolute atomic E-state index is 0.296. The van der Waals surface area contributed by atoms with Crippen molar-refractivity contribution in [2.75, 3.05) is 20.3 Å². The third kappa shape index (κ3) is 1.99. The number of fused-ring (bicyclic) bond motifs is 3. The fourth-order valence-electron chi connectivity index (χ4n) is 3.81. The molecule has 0 saturated carbocycles. The fourth-order valence-corrected chi connectivity index (χ4v) is 3.81. The van der Waals surface area contributed by atoms with Gasteiger partial charge in [0.05, 0.1) is 30.5 Å². The number of hydrogen-bond acceptors (Lipinski definition) is 4. The van der Waals surface area contributed by atoms with Crippen LogP contribution in [-0.4, -0.2) is 52.1 Å². The molecule has 2 aromatic rings. The van der Waals surface area contributed by atoms with Gasteiger partial charge in [-0.1, -0.05) is 12.1 Å². The molecule has 0 spiro atoms. The summed E-state index contributed by atoms with van der Waals surface area (Å²) in [5.41, 5.74) is 1.31. The largest absolute Gasteiger partial charge is 0.385 e. The lowest BCUT2D eigenvalue weighted by atomic mass is 9.77. The van der Waals surface area contributed by atoms with Gasteiger partial charge in [0.2, 0.25) is 0 Å². The first kappa shape index (κ1) is 13.2. The van der Waals surface area contributed by atoms with Crippen molar-refractivity contribution in [2.45, 2.75) is 30.5 Å². The normalized spacial score (nSPS) is 33.5. The molecule has 2 saturated heterocycles. The predicted octanol–water partition coefficient (Wildman–Crippen LogP) is 1.25. The Balaban J connectivity index is 1.74. The molecule has 4 rings (SSSR count). The highest BCUT2D eigenvalue weighted by atomic mass is 16.5. The summed E-state index contributed by atoms with van der Waals surface area (Å²) >= 11 is 0. The highest BCUT2D eigenvalue weighted by molar-refractivity contribution is 5.79. The summed E-state index contributed by atoms with van der Waals surface area (Å²) in [6, 6.07) is 6.78. The van der Waals surface area contributed by atoms with Gasteiger partial charge in [0.15, 0.2) is 0 Å². The fraction of sp³-hybridized carbons (Fsp3) is 0.562. The molecular weight excluding hydrogens is 266 g/mol. The lowest BCUT2D eigenvalue weighted by Gasteiger charge is -2.50. The number of aryl methyl sites for hydroxylation is 1. The van der Waals surface area contributed by atoms with E-state index in [0.29, 0.717) is 25.3 Å². The molecule has 2 aliphatic heterocycles. The van der Waals surface area contributed by atoms with Crippen LogP contribution in [0.5, 0.6) is 0 Å². The Kier molecular flexibility index (Phi) is 2.86. The molecule has 21 heavy (non-hydrogen) atoms. The van der Waals surface area contributed by atoms with Gasteiger partial charge in [-0.2, -0.15) is 5.10 Å². The van der Waals surface area contributed by atoms with Crippen molar-refractivity contribution < 1.29 is 9.84 Å². The SMILES string of the molecule is CN1C2COCC1CC(O)(c1ccc3cnn(C)c3c1)C2. The maximum atomic E-state index is 11.2. The average molecular weight is 287 g/mol. The molecule has 5 nitrogen and oxygen atoms in total. The van der Waals surface area contributed by atoms with E-state index in [9.17, 15) is 5.11 Å². The molecule has 1 N–H and O–H groups in total. The molecule has 3 heterocycles. The number of ether oxygens (including phenoxy) is 1. The number of aliphatic hydroxyl groups is 1. The van der Waals surface area contributed by atoms with Crippen LogP contribution < -0.4 is 0 Å². The minimum Gasteiger partial charge on any atom is -0.385 e. The molecular formula is C16H21N3O2. The van der Waals surface area contributed by atoms with Crippen LogP contribution in [0.2, 0.25) is 0 Å². The molecule has 2 fully saturated rings. The first-order chi connectivity index (χ1) is 10.1. The topological polar surface area (TPSA) is 50.5 Å². The molecule has 5 heteroatoms. The lowest BCUT2D eigenvalue weighted by Crippen LogP contribution is -2.59. The summed E-state index contributed by atoms with van der Waals surface area (Å²) < 4.78 is 7.51. The minimum atomic E-state index is -0.760. The van der Waals surface area contributed by atoms with Crippen molar-refractivity contribution >= 4 is 10.9 Å². The second kappa shape index (κ2) is 4.53. The van der Waals surface area contributed by atoms with Crippen LogP contribution in [0.15, 0.2) is 24.4 Å². The molecule has 2 aliphatic rings. The summed E-state index contributed by atoms with van der Waals surface area (Å²) in [4.78, 5) is 2.36. The molecule has 2 unspecified atom stereocenters. The van der Waals surface area contributed by atoms with Gasteiger partial charge in [-0.15, -0.1) is 0 Å². The summed E-state index contributed by atoms with van der Waals surface area (Å²) in [5, 5.41) is 16.6. The van der Waals surface area contributed by atoms with Crippen molar-refractivity contribution in [3.63, 3.8) is 0 Å². The van der Waals surface area contributed by atoms with Gasteiger partial charge >= 0.3 is 0 Å². The highest BCUT2D eigenvalue weighted by Crippen LogP contribution is 2.40. The molecule has 1 aromatic heterocycles. The first-order valence-corrected chi connectivity index (χ1v) is 7.51. The van der Waals surface area contributed by atoms with Gasteiger partial charge < -0.3 is 9.84 Å². The lowest BCUT2D eigenvalue weighted by molar-refractivity contribution is -0.137. The van der Waals surface area contributed by atoms with E-state index in [4.69, 9.17) is 4.74 Å². The highest BCUT2D eigenvalue weighted by Gasteiger charge is 2.45. The van der Waals surface area contributed by atoms with Crippen molar-refractivity contribution in [1.82, 2.24) is 14.7 Å². The number of rotatable bonds is 1. The summed E-state index contributed by atoms with van der Waals surface area (Å²) in [7, 11) is 4.08. The smallest absolute Gasteiger partial charge is 0.0928 e. The maximum absolute atomic E-state index is 11.2. The zero-order chi connectivity index (χ0) is 14.6. The van der Waals surface area contributed by atoms with Crippen molar-refractivity contribution in [2.24, 2.45) is 7.05 Å². The Morgan fingerprint density at radius 3 is 2.67 bits per heavy atom. The monoisotopic (exact) mass is 287 g/mol. The van der Waals surface area contributed by atoms with Gasteiger partial charge in [-0.25, -0.2) is 0 Å². The molecule has 2 atom stereocenters. The quantitative estimate of drug-likeness (QED) is 0.858. The van der Waals surface area contributed by atoms with Crippen LogP contribution in [0, 0.1) is 0 Å².